The van der Waals surface area contributed by atoms with Crippen LogP contribution in [0.2, 0.25) is 0 Å². The lowest BCUT2D eigenvalue weighted by Crippen LogP contribution is -2.61. The average molecular weight is 1470 g/mol. The Balaban J connectivity index is 1.15. The van der Waals surface area contributed by atoms with Crippen LogP contribution in [0.3, 0.4) is 0 Å². The van der Waals surface area contributed by atoms with Gasteiger partial charge in [0, 0.05) is 77.9 Å². The summed E-state index contributed by atoms with van der Waals surface area (Å²) in [5.74, 6) is 0. The first-order valence-electron chi connectivity index (χ1n) is 47.9. The predicted molar refractivity (Wildman–Crippen MR) is 482 cm³/mol. The molecule has 0 unspecified atom stereocenters. The molecule has 2 aromatic heterocycles. The fraction of sp³-hybridized carbons (Fsp3) is 0.264. The minimum absolute atomic E-state index is 0.107. The number of benzene rings is 13. The van der Waals surface area contributed by atoms with E-state index in [9.17, 15) is 24.7 Å². The normalized spacial score (nSPS) is 15.8. The van der Waals surface area contributed by atoms with Gasteiger partial charge in [-0.25, -0.2) is 0 Å². The summed E-state index contributed by atoms with van der Waals surface area (Å²) in [6.07, 6.45) is 0. The van der Waals surface area contributed by atoms with Gasteiger partial charge in [0.2, 0.25) is 0 Å². The van der Waals surface area contributed by atoms with E-state index in [0.29, 0.717) is 50.5 Å². The summed E-state index contributed by atoms with van der Waals surface area (Å²) < 4.78 is 180. The lowest BCUT2D eigenvalue weighted by atomic mass is 9.33. The maximum absolute atomic E-state index is 11.6. The maximum Gasteiger partial charge on any atom is 0.252 e. The fourth-order valence-corrected chi connectivity index (χ4v) is 16.4. The Morgan fingerprint density at radius 2 is 0.477 bits per heavy atom. The fourth-order valence-electron chi connectivity index (χ4n) is 16.4. The van der Waals surface area contributed by atoms with E-state index in [-0.39, 0.29) is 88.7 Å². The zero-order valence-corrected chi connectivity index (χ0v) is 67.9. The van der Waals surface area contributed by atoms with Crippen molar-refractivity contribution in [3.63, 3.8) is 0 Å². The molecule has 2 aliphatic heterocycles. The topological polar surface area (TPSA) is 16.3 Å². The van der Waals surface area contributed by atoms with Gasteiger partial charge in [-0.3, -0.25) is 0 Å². The summed E-state index contributed by atoms with van der Waals surface area (Å²) in [5.41, 5.74) is 15.0. The predicted octanol–water partition coefficient (Wildman–Crippen LogP) is 27.7. The molecule has 0 N–H and O–H groups in total. The molecule has 0 radical (unpaired) electrons. The Kier molecular flexibility index (Phi) is 12.7. The van der Waals surface area contributed by atoms with Crippen LogP contribution in [0, 0.1) is 0 Å². The Hall–Kier alpha value is -10.9. The van der Waals surface area contributed by atoms with Crippen molar-refractivity contribution in [2.45, 2.75) is 183 Å². The molecule has 5 heteroatoms. The highest BCUT2D eigenvalue weighted by molar-refractivity contribution is 7.00. The second kappa shape index (κ2) is 25.9. The minimum atomic E-state index is -1.17. The summed E-state index contributed by atoms with van der Waals surface area (Å²) in [4.78, 5) is 4.49. The standard InChI is InChI=1S/C106H107BN4/c1-100(2,3)70-46-38-66(39-47-70)83-58-74(104(13,14)15)59-84(67-40-48-71(49-41-67)101(4,5)6)98(83)110-93-64-77(108-89-34-26-22-30-79(89)80-31-23-27-35-90(80)108)54-56-87(93)107-88-57-55-78(109-91-36-28-24-32-81(91)82-33-25-29-37-92(82)109)65-94(88)111(96-63-76(106(19,20)21)62-95(110)97(96)107)99-85(68-42-50-72(51-43-68)102(7,8)9)60-75(105(16,17)18)61-86(99)69-44-52-73(53-45-69)103(10,11)12/h22-65H,1-21H3/i22D,23D,24D,25D,26D,27D,28D,29D,30D,31D,32D,33D,34D,35D,36D,37D,56D,57D. The number of aromatic nitrogens is 2. The molecule has 2 aliphatic rings. The number of fused-ring (bicyclic) bond motifs is 10. The van der Waals surface area contributed by atoms with Crippen LogP contribution in [-0.2, 0) is 37.9 Å². The van der Waals surface area contributed by atoms with Gasteiger partial charge in [-0.2, -0.15) is 0 Å². The van der Waals surface area contributed by atoms with Crippen LogP contribution in [0.1, 0.15) is 209 Å². The minimum Gasteiger partial charge on any atom is -0.310 e. The van der Waals surface area contributed by atoms with Crippen LogP contribution in [-0.4, -0.2) is 15.8 Å². The molecule has 0 saturated heterocycles. The molecular weight excluding hydrogens is 1340 g/mol. The third kappa shape index (κ3) is 12.5. The molecule has 0 amide bonds. The van der Waals surface area contributed by atoms with E-state index in [1.165, 1.54) is 9.13 Å². The number of hydrogen-bond acceptors (Lipinski definition) is 2. The molecule has 17 rings (SSSR count). The lowest BCUT2D eigenvalue weighted by molar-refractivity contribution is 0.589. The van der Waals surface area contributed by atoms with Gasteiger partial charge in [0.25, 0.3) is 6.71 Å². The van der Waals surface area contributed by atoms with E-state index < -0.39 is 120 Å². The van der Waals surface area contributed by atoms with Crippen molar-refractivity contribution in [1.29, 1.82) is 0 Å². The van der Waals surface area contributed by atoms with Crippen molar-refractivity contribution in [2.75, 3.05) is 9.80 Å². The maximum atomic E-state index is 11.6. The molecule has 4 nitrogen and oxygen atoms in total. The Morgan fingerprint density at radius 3 is 0.721 bits per heavy atom. The van der Waals surface area contributed by atoms with Gasteiger partial charge in [0.15, 0.2) is 0 Å². The molecule has 554 valence electrons. The van der Waals surface area contributed by atoms with Crippen molar-refractivity contribution >= 4 is 101 Å². The van der Waals surface area contributed by atoms with Crippen molar-refractivity contribution in [1.82, 2.24) is 9.13 Å². The zero-order chi connectivity index (χ0) is 93.8. The van der Waals surface area contributed by atoms with E-state index in [1.54, 1.807) is 12.1 Å². The SMILES string of the molecule is [2H]c1cc(-n2c3c([2H])c([2H])c([2H])c([2H])c3c3c([2H])c([2H])c([2H])c([2H])c32)cc2c1B1c3c([2H])cc(-n4c5c([2H])c([2H])c([2H])c([2H])c5c5c([2H])c([2H])c([2H])c([2H])c54)cc3N(c3c(-c4ccc(C(C)(C)C)cc4)cc(C(C)(C)C)cc3-c3ccc(C(C)(C)C)cc3)c3cc(C(C)(C)C)cc(c31)N2c1c(-c2ccc(C(C)(C)C)cc2)cc(C(C)(C)C)cc1-c1ccc(C(C)(C)C)cc1. The highest BCUT2D eigenvalue weighted by atomic mass is 15.2. The van der Waals surface area contributed by atoms with Crippen molar-refractivity contribution in [3.8, 4) is 55.9 Å². The van der Waals surface area contributed by atoms with Gasteiger partial charge in [0.1, 0.15) is 0 Å². The molecule has 15 aromatic rings. The van der Waals surface area contributed by atoms with Crippen LogP contribution in [0.15, 0.2) is 266 Å². The van der Waals surface area contributed by atoms with Crippen LogP contribution >= 0.6 is 0 Å². The molecule has 0 spiro atoms. The quantitative estimate of drug-likeness (QED) is 0.141. The Morgan fingerprint density at radius 1 is 0.243 bits per heavy atom. The molecule has 4 heterocycles. The third-order valence-electron chi connectivity index (χ3n) is 22.9. The van der Waals surface area contributed by atoms with Gasteiger partial charge in [-0.15, -0.1) is 0 Å². The Bertz CT molecular complexity index is 6600. The van der Waals surface area contributed by atoms with E-state index in [4.69, 9.17) is 0 Å². The van der Waals surface area contributed by atoms with Gasteiger partial charge in [-0.05, 0) is 200 Å². The molecule has 111 heavy (non-hydrogen) atoms. The van der Waals surface area contributed by atoms with Crippen molar-refractivity contribution < 1.29 is 24.7 Å². The second-order valence-electron chi connectivity index (χ2n) is 37.8. The molecule has 0 aliphatic carbocycles. The first-order valence-corrected chi connectivity index (χ1v) is 38.9. The van der Waals surface area contributed by atoms with Crippen LogP contribution in [0.5, 0.6) is 0 Å². The molecule has 0 saturated carbocycles. The molecule has 0 fully saturated rings. The Labute approximate surface area is 685 Å². The van der Waals surface area contributed by atoms with Crippen molar-refractivity contribution in [2.24, 2.45) is 0 Å². The zero-order valence-electron chi connectivity index (χ0n) is 85.9. The first kappa shape index (κ1) is 54.7. The summed E-state index contributed by atoms with van der Waals surface area (Å²) in [5, 5.41) is -0.598. The largest absolute Gasteiger partial charge is 0.310 e. The van der Waals surface area contributed by atoms with Gasteiger partial charge in [-0.1, -0.05) is 327 Å². The number of nitrogens with zero attached hydrogens (tertiary/aromatic N) is 4. The van der Waals surface area contributed by atoms with Gasteiger partial charge >= 0.3 is 0 Å². The number of para-hydroxylation sites is 4. The third-order valence-corrected chi connectivity index (χ3v) is 22.9. The highest BCUT2D eigenvalue weighted by Crippen LogP contribution is 2.56. The van der Waals surface area contributed by atoms with E-state index >= 15 is 0 Å². The summed E-state index contributed by atoms with van der Waals surface area (Å²) in [6, 6.07) is 45.6. The van der Waals surface area contributed by atoms with Crippen LogP contribution in [0.25, 0.3) is 99.5 Å². The van der Waals surface area contributed by atoms with Crippen LogP contribution in [0.4, 0.5) is 34.1 Å². The van der Waals surface area contributed by atoms with E-state index in [2.05, 4.69) is 289 Å². The van der Waals surface area contributed by atoms with Crippen molar-refractivity contribution in [3.05, 3.63) is 305 Å². The smallest absolute Gasteiger partial charge is 0.252 e. The number of rotatable bonds is 8. The summed E-state index contributed by atoms with van der Waals surface area (Å²) in [7, 11) is 0. The number of hydrogen-bond donors (Lipinski definition) is 0. The lowest BCUT2D eigenvalue weighted by Gasteiger charge is -2.47. The summed E-state index contributed by atoms with van der Waals surface area (Å²) >= 11 is 0. The van der Waals surface area contributed by atoms with Gasteiger partial charge in [0.05, 0.1) is 58.1 Å². The monoisotopic (exact) mass is 1460 g/mol. The highest BCUT2D eigenvalue weighted by Gasteiger charge is 2.47. The van der Waals surface area contributed by atoms with Crippen LogP contribution < -0.4 is 26.2 Å². The number of anilines is 6. The summed E-state index contributed by atoms with van der Waals surface area (Å²) in [6.45, 7) is 44.7. The van der Waals surface area contributed by atoms with E-state index in [1.807, 2.05) is 12.1 Å². The molecule has 0 atom stereocenters. The molecular formula is C106H107BN4. The first-order chi connectivity index (χ1) is 59.9. The van der Waals surface area contributed by atoms with Gasteiger partial charge < -0.3 is 18.9 Å². The molecule has 13 aromatic carbocycles. The second-order valence-corrected chi connectivity index (χ2v) is 37.8. The average Bonchev–Trinajstić information content (AvgIpc) is 1.59. The molecule has 0 bridgehead atoms. The van der Waals surface area contributed by atoms with E-state index in [0.717, 1.165) is 83.5 Å².